The first-order valence-corrected chi connectivity index (χ1v) is 12.2. The van der Waals surface area contributed by atoms with E-state index in [-0.39, 0.29) is 23.6 Å². The minimum absolute atomic E-state index is 0.0126. The predicted molar refractivity (Wildman–Crippen MR) is 141 cm³/mol. The molecule has 37 heavy (non-hydrogen) atoms. The average molecular weight is 517 g/mol. The zero-order valence-corrected chi connectivity index (χ0v) is 20.8. The summed E-state index contributed by atoms with van der Waals surface area (Å²) in [4.78, 5) is 25.8. The van der Waals surface area contributed by atoms with Crippen LogP contribution in [0.4, 0.5) is 10.5 Å². The lowest BCUT2D eigenvalue weighted by Gasteiger charge is -2.09. The number of carbonyl (C=O) groups excluding carboxylic acids is 2. The Morgan fingerprint density at radius 2 is 1.84 bits per heavy atom. The van der Waals surface area contributed by atoms with Crippen LogP contribution < -0.4 is 15.4 Å². The number of halogens is 1. The van der Waals surface area contributed by atoms with E-state index >= 15 is 0 Å². The van der Waals surface area contributed by atoms with Crippen molar-refractivity contribution in [1.29, 1.82) is 0 Å². The molecular weight excluding hydrogens is 492 g/mol. The third-order valence-corrected chi connectivity index (χ3v) is 6.51. The average Bonchev–Trinajstić information content (AvgIpc) is 3.67. The fourth-order valence-corrected chi connectivity index (χ4v) is 4.24. The van der Waals surface area contributed by atoms with Gasteiger partial charge in [-0.15, -0.1) is 0 Å². The first kappa shape index (κ1) is 24.4. The molecule has 1 saturated carbocycles. The fourth-order valence-electron chi connectivity index (χ4n) is 4.02. The van der Waals surface area contributed by atoms with Gasteiger partial charge in [0.1, 0.15) is 11.5 Å². The van der Waals surface area contributed by atoms with Gasteiger partial charge in [-0.1, -0.05) is 35.9 Å². The van der Waals surface area contributed by atoms with Gasteiger partial charge in [0, 0.05) is 23.7 Å². The number of carbonyl (C=O) groups is 2. The highest BCUT2D eigenvalue weighted by atomic mass is 35.5. The first-order valence-electron chi connectivity index (χ1n) is 11.8. The van der Waals surface area contributed by atoms with E-state index in [4.69, 9.17) is 16.3 Å². The van der Waals surface area contributed by atoms with E-state index in [0.29, 0.717) is 34.1 Å². The molecule has 5 rings (SSSR count). The number of hydrogen-bond acceptors (Lipinski definition) is 5. The van der Waals surface area contributed by atoms with E-state index < -0.39 is 0 Å². The van der Waals surface area contributed by atoms with Gasteiger partial charge in [0.05, 0.1) is 29.1 Å². The van der Waals surface area contributed by atoms with Gasteiger partial charge in [-0.2, -0.15) is 9.78 Å². The van der Waals surface area contributed by atoms with Crippen molar-refractivity contribution in [3.8, 4) is 22.8 Å². The molecule has 0 spiro atoms. The number of aromatic nitrogens is 2. The summed E-state index contributed by atoms with van der Waals surface area (Å²) in [5, 5.41) is 21.2. The van der Waals surface area contributed by atoms with Gasteiger partial charge in [0.2, 0.25) is 0 Å². The number of nitrogens with zero attached hydrogens (tertiary/aromatic N) is 2. The zero-order chi connectivity index (χ0) is 25.9. The number of anilines is 1. The SMILES string of the molecule is COc1ccc(CNC(=O)n2nc(-c3cc(NC(=O)c4ccccc4Cl)ccc3O)cc2C2CC2)cc1. The number of hydrogen-bond donors (Lipinski definition) is 3. The Bertz CT molecular complexity index is 1460. The third kappa shape index (κ3) is 5.44. The molecule has 8 nitrogen and oxygen atoms in total. The number of nitrogens with one attached hydrogen (secondary N) is 2. The number of ether oxygens (including phenoxy) is 1. The quantitative estimate of drug-likeness (QED) is 0.269. The molecular formula is C28H25ClN4O4. The van der Waals surface area contributed by atoms with Crippen molar-refractivity contribution in [2.24, 2.45) is 0 Å². The Kier molecular flexibility index (Phi) is 6.83. The van der Waals surface area contributed by atoms with Gasteiger partial charge in [-0.3, -0.25) is 4.79 Å². The van der Waals surface area contributed by atoms with Crippen LogP contribution in [-0.2, 0) is 6.54 Å². The summed E-state index contributed by atoms with van der Waals surface area (Å²) in [5.41, 5.74) is 3.35. The normalized spacial score (nSPS) is 12.7. The van der Waals surface area contributed by atoms with Crippen LogP contribution in [0.3, 0.4) is 0 Å². The summed E-state index contributed by atoms with van der Waals surface area (Å²) < 4.78 is 6.54. The standard InChI is InChI=1S/C28H25ClN4O4/c1-37-20-11-6-17(7-12-20)16-30-28(36)33-25(18-8-9-18)15-24(32-33)22-14-19(10-13-26(22)34)31-27(35)21-4-2-3-5-23(21)29/h2-7,10-15,18,34H,8-9,16H2,1H3,(H,30,36)(H,31,35). The Labute approximate surface area is 218 Å². The van der Waals surface area contributed by atoms with Crippen molar-refractivity contribution in [1.82, 2.24) is 15.1 Å². The van der Waals surface area contributed by atoms with E-state index in [1.807, 2.05) is 30.3 Å². The summed E-state index contributed by atoms with van der Waals surface area (Å²) in [5.74, 6) is 0.594. The minimum atomic E-state index is -0.371. The summed E-state index contributed by atoms with van der Waals surface area (Å²) in [6, 6.07) is 20.4. The van der Waals surface area contributed by atoms with E-state index in [1.165, 1.54) is 10.7 Å². The second-order valence-corrected chi connectivity index (χ2v) is 9.22. The van der Waals surface area contributed by atoms with Crippen LogP contribution in [0.5, 0.6) is 11.5 Å². The molecule has 2 amide bonds. The highest BCUT2D eigenvalue weighted by Crippen LogP contribution is 2.42. The van der Waals surface area contributed by atoms with E-state index in [9.17, 15) is 14.7 Å². The molecule has 0 saturated heterocycles. The number of benzene rings is 3. The van der Waals surface area contributed by atoms with Gasteiger partial charge in [-0.25, -0.2) is 4.79 Å². The van der Waals surface area contributed by atoms with E-state index in [1.54, 1.807) is 43.5 Å². The molecule has 0 aliphatic heterocycles. The molecule has 3 N–H and O–H groups in total. The lowest BCUT2D eigenvalue weighted by atomic mass is 10.1. The molecule has 0 atom stereocenters. The van der Waals surface area contributed by atoms with Crippen LogP contribution in [0.1, 0.15) is 40.4 Å². The van der Waals surface area contributed by atoms with Gasteiger partial charge in [0.25, 0.3) is 5.91 Å². The molecule has 4 aromatic rings. The highest BCUT2D eigenvalue weighted by molar-refractivity contribution is 6.34. The van der Waals surface area contributed by atoms with E-state index in [0.717, 1.165) is 29.8 Å². The number of aromatic hydroxyl groups is 1. The number of amides is 2. The monoisotopic (exact) mass is 516 g/mol. The summed E-state index contributed by atoms with van der Waals surface area (Å²) in [6.45, 7) is 0.330. The van der Waals surface area contributed by atoms with Crippen LogP contribution in [0.25, 0.3) is 11.3 Å². The van der Waals surface area contributed by atoms with Crippen molar-refractivity contribution in [3.63, 3.8) is 0 Å². The molecule has 1 aromatic heterocycles. The molecule has 3 aromatic carbocycles. The van der Waals surface area contributed by atoms with Crippen LogP contribution in [0, 0.1) is 0 Å². The Balaban J connectivity index is 1.37. The molecule has 0 radical (unpaired) electrons. The highest BCUT2D eigenvalue weighted by Gasteiger charge is 2.31. The van der Waals surface area contributed by atoms with Crippen LogP contribution >= 0.6 is 11.6 Å². The molecule has 1 aliphatic rings. The first-order chi connectivity index (χ1) is 17.9. The van der Waals surface area contributed by atoms with Gasteiger partial charge in [-0.05, 0) is 66.9 Å². The van der Waals surface area contributed by atoms with Crippen molar-refractivity contribution >= 4 is 29.2 Å². The molecule has 9 heteroatoms. The summed E-state index contributed by atoms with van der Waals surface area (Å²) in [7, 11) is 1.60. The van der Waals surface area contributed by atoms with Gasteiger partial charge >= 0.3 is 6.03 Å². The number of rotatable bonds is 7. The van der Waals surface area contributed by atoms with Crippen molar-refractivity contribution in [2.45, 2.75) is 25.3 Å². The maximum Gasteiger partial charge on any atom is 0.342 e. The second-order valence-electron chi connectivity index (χ2n) is 8.81. The molecule has 1 fully saturated rings. The molecule has 188 valence electrons. The second kappa shape index (κ2) is 10.4. The summed E-state index contributed by atoms with van der Waals surface area (Å²) >= 11 is 6.14. The maximum absolute atomic E-state index is 13.1. The number of methoxy groups -OCH3 is 1. The zero-order valence-electron chi connectivity index (χ0n) is 20.1. The van der Waals surface area contributed by atoms with Crippen molar-refractivity contribution in [2.75, 3.05) is 12.4 Å². The van der Waals surface area contributed by atoms with Crippen LogP contribution in [0.15, 0.2) is 72.8 Å². The Morgan fingerprint density at radius 1 is 1.08 bits per heavy atom. The molecule has 0 unspecified atom stereocenters. The minimum Gasteiger partial charge on any atom is -0.507 e. The smallest absolute Gasteiger partial charge is 0.342 e. The van der Waals surface area contributed by atoms with Crippen molar-refractivity contribution < 1.29 is 19.4 Å². The fraction of sp³-hybridized carbons (Fsp3) is 0.179. The lowest BCUT2D eigenvalue weighted by Crippen LogP contribution is -2.30. The lowest BCUT2D eigenvalue weighted by molar-refractivity contribution is 0.102. The largest absolute Gasteiger partial charge is 0.507 e. The van der Waals surface area contributed by atoms with Gasteiger partial charge < -0.3 is 20.5 Å². The molecule has 1 aliphatic carbocycles. The molecule has 1 heterocycles. The summed E-state index contributed by atoms with van der Waals surface area (Å²) in [6.07, 6.45) is 1.94. The topological polar surface area (TPSA) is 105 Å². The van der Waals surface area contributed by atoms with Crippen LogP contribution in [-0.4, -0.2) is 33.9 Å². The van der Waals surface area contributed by atoms with Gasteiger partial charge in [0.15, 0.2) is 0 Å². The number of phenolic OH excluding ortho intramolecular Hbond substituents is 1. The molecule has 0 bridgehead atoms. The predicted octanol–water partition coefficient (Wildman–Crippen LogP) is 5.81. The van der Waals surface area contributed by atoms with Crippen LogP contribution in [0.2, 0.25) is 5.02 Å². The maximum atomic E-state index is 13.1. The Morgan fingerprint density at radius 3 is 2.54 bits per heavy atom. The van der Waals surface area contributed by atoms with E-state index in [2.05, 4.69) is 15.7 Å². The number of phenols is 1. The van der Waals surface area contributed by atoms with Crippen molar-refractivity contribution in [3.05, 3.63) is 94.6 Å². The Hall–Kier alpha value is -4.30. The third-order valence-electron chi connectivity index (χ3n) is 6.18.